The zero-order valence-electron chi connectivity index (χ0n) is 10.4. The Bertz CT molecular complexity index is 616. The predicted octanol–water partition coefficient (Wildman–Crippen LogP) is 1.96. The molecule has 0 spiro atoms. The number of primary amides is 1. The lowest BCUT2D eigenvalue weighted by Crippen LogP contribution is -2.24. The Morgan fingerprint density at radius 1 is 1.11 bits per heavy atom. The zero-order chi connectivity index (χ0) is 13.8. The lowest BCUT2D eigenvalue weighted by Gasteiger charge is -2.12. The lowest BCUT2D eigenvalue weighted by atomic mass is 9.92. The summed E-state index contributed by atoms with van der Waals surface area (Å²) < 4.78 is 0. The normalized spacial score (nSPS) is 12.2. The van der Waals surface area contributed by atoms with E-state index in [1.165, 1.54) is 0 Å². The fourth-order valence-electron chi connectivity index (χ4n) is 2.23. The molecule has 4 heteroatoms. The number of fused-ring (bicyclic) bond motifs is 1. The van der Waals surface area contributed by atoms with E-state index in [0.717, 1.165) is 16.3 Å². The highest BCUT2D eigenvalue weighted by atomic mass is 16.4. The average Bonchev–Trinajstić information content (AvgIpc) is 2.37. The van der Waals surface area contributed by atoms with Crippen molar-refractivity contribution in [2.75, 3.05) is 0 Å². The molecule has 1 atom stereocenters. The Morgan fingerprint density at radius 2 is 1.79 bits per heavy atom. The molecule has 0 fully saturated rings. The van der Waals surface area contributed by atoms with E-state index in [-0.39, 0.29) is 6.42 Å². The number of carboxylic acid groups (broad SMARTS) is 1. The molecular weight excluding hydrogens is 242 g/mol. The van der Waals surface area contributed by atoms with Crippen LogP contribution in [0.1, 0.15) is 12.0 Å². The van der Waals surface area contributed by atoms with Gasteiger partial charge in [0.1, 0.15) is 0 Å². The van der Waals surface area contributed by atoms with E-state index in [1.807, 2.05) is 42.5 Å². The summed E-state index contributed by atoms with van der Waals surface area (Å²) in [4.78, 5) is 22.1. The third kappa shape index (κ3) is 3.10. The number of carbonyl (C=O) groups is 2. The van der Waals surface area contributed by atoms with Crippen LogP contribution in [0.5, 0.6) is 0 Å². The Hall–Kier alpha value is -2.36. The molecule has 0 aliphatic carbocycles. The number of benzene rings is 2. The predicted molar refractivity (Wildman–Crippen MR) is 72.6 cm³/mol. The molecule has 0 radical (unpaired) electrons. The van der Waals surface area contributed by atoms with Crippen molar-refractivity contribution in [3.05, 3.63) is 48.0 Å². The highest BCUT2D eigenvalue weighted by Crippen LogP contribution is 2.22. The molecule has 0 aliphatic rings. The molecule has 0 saturated heterocycles. The van der Waals surface area contributed by atoms with Gasteiger partial charge in [0.15, 0.2) is 0 Å². The van der Waals surface area contributed by atoms with Crippen molar-refractivity contribution >= 4 is 22.6 Å². The first-order valence-electron chi connectivity index (χ1n) is 6.05. The molecular formula is C15H15NO3. The highest BCUT2D eigenvalue weighted by Gasteiger charge is 2.21. The maximum Gasteiger partial charge on any atom is 0.307 e. The van der Waals surface area contributed by atoms with E-state index in [2.05, 4.69) is 0 Å². The fourth-order valence-corrected chi connectivity index (χ4v) is 2.23. The van der Waals surface area contributed by atoms with Crippen LogP contribution in [0.25, 0.3) is 10.8 Å². The van der Waals surface area contributed by atoms with E-state index in [4.69, 9.17) is 10.8 Å². The van der Waals surface area contributed by atoms with Crippen LogP contribution < -0.4 is 5.73 Å². The van der Waals surface area contributed by atoms with Crippen LogP contribution in [0.2, 0.25) is 0 Å². The van der Waals surface area contributed by atoms with Gasteiger partial charge in [0.25, 0.3) is 0 Å². The molecule has 0 bridgehead atoms. The standard InChI is InChI=1S/C15H15NO3/c16-14(17)9-12(15(18)19)8-11-6-3-5-10-4-1-2-7-13(10)11/h1-7,12H,8-9H2,(H2,16,17)(H,18,19). The Morgan fingerprint density at radius 3 is 2.47 bits per heavy atom. The summed E-state index contributed by atoms with van der Waals surface area (Å²) in [6.07, 6.45) is 0.165. The largest absolute Gasteiger partial charge is 0.481 e. The van der Waals surface area contributed by atoms with Gasteiger partial charge in [-0.05, 0) is 22.8 Å². The number of hydrogen-bond acceptors (Lipinski definition) is 2. The van der Waals surface area contributed by atoms with E-state index >= 15 is 0 Å². The van der Waals surface area contributed by atoms with Crippen LogP contribution in [-0.4, -0.2) is 17.0 Å². The summed E-state index contributed by atoms with van der Waals surface area (Å²) in [5, 5.41) is 11.2. The third-order valence-electron chi connectivity index (χ3n) is 3.14. The quantitative estimate of drug-likeness (QED) is 0.859. The maximum absolute atomic E-state index is 11.2. The van der Waals surface area contributed by atoms with Gasteiger partial charge in [0.2, 0.25) is 5.91 Å². The molecule has 4 nitrogen and oxygen atoms in total. The Kier molecular flexibility index (Phi) is 3.80. The minimum atomic E-state index is -0.994. The van der Waals surface area contributed by atoms with Crippen molar-refractivity contribution < 1.29 is 14.7 Å². The summed E-state index contributed by atoms with van der Waals surface area (Å²) in [5.41, 5.74) is 6.02. The Balaban J connectivity index is 2.33. The highest BCUT2D eigenvalue weighted by molar-refractivity contribution is 5.87. The van der Waals surface area contributed by atoms with Gasteiger partial charge in [0, 0.05) is 6.42 Å². The van der Waals surface area contributed by atoms with Crippen LogP contribution in [0.15, 0.2) is 42.5 Å². The van der Waals surface area contributed by atoms with Crippen LogP contribution in [0, 0.1) is 5.92 Å². The minimum absolute atomic E-state index is 0.140. The van der Waals surface area contributed by atoms with Crippen molar-refractivity contribution in [2.45, 2.75) is 12.8 Å². The van der Waals surface area contributed by atoms with Gasteiger partial charge in [-0.1, -0.05) is 42.5 Å². The average molecular weight is 257 g/mol. The van der Waals surface area contributed by atoms with Crippen LogP contribution in [0.4, 0.5) is 0 Å². The molecule has 0 saturated carbocycles. The fraction of sp³-hybridized carbons (Fsp3) is 0.200. The van der Waals surface area contributed by atoms with Crippen molar-refractivity contribution in [1.82, 2.24) is 0 Å². The van der Waals surface area contributed by atoms with Gasteiger partial charge < -0.3 is 10.8 Å². The van der Waals surface area contributed by atoms with Crippen molar-refractivity contribution in [3.63, 3.8) is 0 Å². The number of nitrogens with two attached hydrogens (primary N) is 1. The third-order valence-corrected chi connectivity index (χ3v) is 3.14. The molecule has 98 valence electrons. The molecule has 2 aromatic carbocycles. The van der Waals surface area contributed by atoms with Gasteiger partial charge in [-0.25, -0.2) is 0 Å². The molecule has 3 N–H and O–H groups in total. The second-order valence-corrected chi connectivity index (χ2v) is 4.55. The SMILES string of the molecule is NC(=O)CC(Cc1cccc2ccccc12)C(=O)O. The number of hydrogen-bond donors (Lipinski definition) is 2. The van der Waals surface area contributed by atoms with Crippen molar-refractivity contribution in [2.24, 2.45) is 11.7 Å². The van der Waals surface area contributed by atoms with E-state index in [0.29, 0.717) is 6.42 Å². The summed E-state index contributed by atoms with van der Waals surface area (Å²) in [5.74, 6) is -2.36. The molecule has 1 amide bonds. The number of carboxylic acids is 1. The van der Waals surface area contributed by atoms with Crippen molar-refractivity contribution in [1.29, 1.82) is 0 Å². The number of carbonyl (C=O) groups excluding carboxylic acids is 1. The zero-order valence-corrected chi connectivity index (χ0v) is 10.4. The second-order valence-electron chi connectivity index (χ2n) is 4.55. The first kappa shape index (κ1) is 13.1. The number of aliphatic carboxylic acids is 1. The van der Waals surface area contributed by atoms with Gasteiger partial charge in [-0.3, -0.25) is 9.59 Å². The van der Waals surface area contributed by atoms with E-state index in [9.17, 15) is 9.59 Å². The monoisotopic (exact) mass is 257 g/mol. The van der Waals surface area contributed by atoms with E-state index < -0.39 is 17.8 Å². The maximum atomic E-state index is 11.2. The summed E-state index contributed by atoms with van der Waals surface area (Å²) in [7, 11) is 0. The van der Waals surface area contributed by atoms with Gasteiger partial charge in [0.05, 0.1) is 5.92 Å². The smallest absolute Gasteiger partial charge is 0.307 e. The van der Waals surface area contributed by atoms with Gasteiger partial charge in [-0.15, -0.1) is 0 Å². The molecule has 0 aliphatic heterocycles. The molecule has 2 aromatic rings. The molecule has 1 unspecified atom stereocenters. The molecule has 0 heterocycles. The molecule has 0 aromatic heterocycles. The van der Waals surface area contributed by atoms with E-state index in [1.54, 1.807) is 0 Å². The minimum Gasteiger partial charge on any atom is -0.481 e. The topological polar surface area (TPSA) is 80.4 Å². The summed E-state index contributed by atoms with van der Waals surface area (Å²) in [6.45, 7) is 0. The van der Waals surface area contributed by atoms with Gasteiger partial charge >= 0.3 is 5.97 Å². The van der Waals surface area contributed by atoms with Crippen LogP contribution >= 0.6 is 0 Å². The molecule has 2 rings (SSSR count). The summed E-state index contributed by atoms with van der Waals surface area (Å²) in [6, 6.07) is 13.5. The lowest BCUT2D eigenvalue weighted by molar-refractivity contribution is -0.143. The number of rotatable bonds is 5. The van der Waals surface area contributed by atoms with Crippen LogP contribution in [-0.2, 0) is 16.0 Å². The first-order chi connectivity index (χ1) is 9.08. The second kappa shape index (κ2) is 5.52. The summed E-state index contributed by atoms with van der Waals surface area (Å²) >= 11 is 0. The molecule has 19 heavy (non-hydrogen) atoms. The number of amides is 1. The van der Waals surface area contributed by atoms with Crippen LogP contribution in [0.3, 0.4) is 0 Å². The van der Waals surface area contributed by atoms with Crippen molar-refractivity contribution in [3.8, 4) is 0 Å². The van der Waals surface area contributed by atoms with Gasteiger partial charge in [-0.2, -0.15) is 0 Å². The first-order valence-corrected chi connectivity index (χ1v) is 6.05. The Labute approximate surface area is 110 Å².